The normalized spacial score (nSPS) is 24.5. The Hall–Kier alpha value is -2.46. The van der Waals surface area contributed by atoms with Gasteiger partial charge in [0.1, 0.15) is 16.7 Å². The van der Waals surface area contributed by atoms with E-state index in [4.69, 9.17) is 14.3 Å². The van der Waals surface area contributed by atoms with Crippen LogP contribution in [0, 0.1) is 5.92 Å². The number of para-hydroxylation sites is 1. The number of hydrogen-bond donors (Lipinski definition) is 0. The Morgan fingerprint density at radius 2 is 1.88 bits per heavy atom. The van der Waals surface area contributed by atoms with Gasteiger partial charge in [0.2, 0.25) is 10.0 Å². The number of hydroxylamine groups is 2. The van der Waals surface area contributed by atoms with Crippen LogP contribution < -0.4 is 4.74 Å². The van der Waals surface area contributed by atoms with Crippen molar-refractivity contribution >= 4 is 16.0 Å². The van der Waals surface area contributed by atoms with Crippen LogP contribution in [0.5, 0.6) is 11.5 Å². The Morgan fingerprint density at radius 1 is 1.12 bits per heavy atom. The average Bonchev–Trinajstić information content (AvgIpc) is 3.22. The van der Waals surface area contributed by atoms with Crippen LogP contribution in [0.2, 0.25) is 0 Å². The fourth-order valence-corrected chi connectivity index (χ4v) is 6.52. The van der Waals surface area contributed by atoms with Crippen LogP contribution in [-0.4, -0.2) is 62.4 Å². The summed E-state index contributed by atoms with van der Waals surface area (Å²) in [5.74, 6) is 0.553. The van der Waals surface area contributed by atoms with E-state index in [1.807, 2.05) is 54.6 Å². The fraction of sp³-hybridized carbons (Fsp3) is 0.458. The van der Waals surface area contributed by atoms with Crippen molar-refractivity contribution in [1.29, 1.82) is 0 Å². The summed E-state index contributed by atoms with van der Waals surface area (Å²) in [4.78, 5) is 17.9. The maximum atomic E-state index is 13.7. The molecular weight excluding hydrogens is 444 g/mol. The molecular formula is C24H30N2O6S. The van der Waals surface area contributed by atoms with Crippen molar-refractivity contribution in [3.63, 3.8) is 0 Å². The molecule has 0 saturated carbocycles. The lowest BCUT2D eigenvalue weighted by molar-refractivity contribution is -0.149. The van der Waals surface area contributed by atoms with Crippen molar-refractivity contribution < 1.29 is 27.5 Å². The van der Waals surface area contributed by atoms with Crippen LogP contribution >= 0.6 is 0 Å². The first-order valence-corrected chi connectivity index (χ1v) is 12.7. The van der Waals surface area contributed by atoms with Gasteiger partial charge >= 0.3 is 5.97 Å². The average molecular weight is 475 g/mol. The molecule has 8 nitrogen and oxygen atoms in total. The molecule has 178 valence electrons. The second kappa shape index (κ2) is 10.2. The minimum atomic E-state index is -3.73. The number of hydrogen-bond acceptors (Lipinski definition) is 7. The van der Waals surface area contributed by atoms with Gasteiger partial charge in [-0.05, 0) is 49.6 Å². The first-order valence-electron chi connectivity index (χ1n) is 11.2. The van der Waals surface area contributed by atoms with E-state index in [1.165, 1.54) is 4.31 Å². The molecule has 0 spiro atoms. The molecule has 2 aliphatic heterocycles. The SMILES string of the molecule is CCOC(=O)[C@@H]1CCCN(S(=O)(=O)[C@@H]2CON(C)[C@H]2c2cccc(Oc3ccccc3)c2)C1. The Balaban J connectivity index is 1.56. The van der Waals surface area contributed by atoms with Gasteiger partial charge in [0.05, 0.1) is 25.2 Å². The van der Waals surface area contributed by atoms with Crippen LogP contribution in [0.15, 0.2) is 54.6 Å². The number of nitrogens with zero attached hydrogens (tertiary/aromatic N) is 2. The largest absolute Gasteiger partial charge is 0.466 e. The zero-order chi connectivity index (χ0) is 23.4. The molecule has 2 fully saturated rings. The van der Waals surface area contributed by atoms with Crippen LogP contribution in [0.4, 0.5) is 0 Å². The first kappa shape index (κ1) is 23.7. The predicted octanol–water partition coefficient (Wildman–Crippen LogP) is 3.37. The molecule has 3 atom stereocenters. The maximum Gasteiger partial charge on any atom is 0.310 e. The molecule has 2 heterocycles. The molecule has 9 heteroatoms. The highest BCUT2D eigenvalue weighted by atomic mass is 32.2. The van der Waals surface area contributed by atoms with Crippen molar-refractivity contribution in [2.24, 2.45) is 5.92 Å². The van der Waals surface area contributed by atoms with Crippen LogP contribution in [0.25, 0.3) is 0 Å². The third kappa shape index (κ3) is 5.22. The van der Waals surface area contributed by atoms with Gasteiger partial charge in [0, 0.05) is 20.1 Å². The van der Waals surface area contributed by atoms with Gasteiger partial charge in [-0.2, -0.15) is 5.06 Å². The van der Waals surface area contributed by atoms with Crippen LogP contribution in [0.1, 0.15) is 31.4 Å². The molecule has 0 amide bonds. The van der Waals surface area contributed by atoms with Gasteiger partial charge in [-0.1, -0.05) is 30.3 Å². The highest BCUT2D eigenvalue weighted by molar-refractivity contribution is 7.89. The summed E-state index contributed by atoms with van der Waals surface area (Å²) in [5.41, 5.74) is 0.788. The van der Waals surface area contributed by atoms with Gasteiger partial charge < -0.3 is 9.47 Å². The molecule has 2 aromatic carbocycles. The van der Waals surface area contributed by atoms with Gasteiger partial charge in [-0.3, -0.25) is 9.63 Å². The van der Waals surface area contributed by atoms with Gasteiger partial charge in [-0.15, -0.1) is 0 Å². The van der Waals surface area contributed by atoms with Crippen molar-refractivity contribution in [2.75, 3.05) is 33.4 Å². The Kier molecular flexibility index (Phi) is 7.33. The van der Waals surface area contributed by atoms with Crippen molar-refractivity contribution in [2.45, 2.75) is 31.1 Å². The molecule has 0 aromatic heterocycles. The Labute approximate surface area is 195 Å². The smallest absolute Gasteiger partial charge is 0.310 e. The molecule has 2 aromatic rings. The number of piperidine rings is 1. The van der Waals surface area contributed by atoms with E-state index in [2.05, 4.69) is 0 Å². The number of ether oxygens (including phenoxy) is 2. The fourth-order valence-electron chi connectivity index (χ4n) is 4.47. The van der Waals surface area contributed by atoms with Crippen molar-refractivity contribution in [3.05, 3.63) is 60.2 Å². The number of rotatable bonds is 7. The third-order valence-corrected chi connectivity index (χ3v) is 8.32. The number of carbonyl (C=O) groups is 1. The number of carbonyl (C=O) groups excluding carboxylic acids is 1. The quantitative estimate of drug-likeness (QED) is 0.569. The minimum Gasteiger partial charge on any atom is -0.466 e. The van der Waals surface area contributed by atoms with Gasteiger partial charge in [0.25, 0.3) is 0 Å². The standard InChI is InChI=1S/C24H30N2O6S/c1-3-30-24(27)19-10-8-14-26(16-19)33(28,29)22-17-31-25(2)23(22)18-9-7-13-21(15-18)32-20-11-5-4-6-12-20/h4-7,9,11-13,15,19,22-23H,3,8,10,14,16-17H2,1-2H3/t19-,22-,23+/m1/s1. The zero-order valence-corrected chi connectivity index (χ0v) is 19.7. The van der Waals surface area contributed by atoms with Crippen LogP contribution in [0.3, 0.4) is 0 Å². The lowest BCUT2D eigenvalue weighted by Gasteiger charge is -2.34. The zero-order valence-electron chi connectivity index (χ0n) is 18.9. The van der Waals surface area contributed by atoms with E-state index in [0.29, 0.717) is 30.9 Å². The van der Waals surface area contributed by atoms with Crippen LogP contribution in [-0.2, 0) is 24.4 Å². The Morgan fingerprint density at radius 3 is 2.64 bits per heavy atom. The molecule has 33 heavy (non-hydrogen) atoms. The van der Waals surface area contributed by atoms with E-state index in [0.717, 1.165) is 5.56 Å². The first-order chi connectivity index (χ1) is 15.9. The molecule has 0 aliphatic carbocycles. The molecule has 0 unspecified atom stereocenters. The van der Waals surface area contributed by atoms with Gasteiger partial charge in [-0.25, -0.2) is 12.7 Å². The summed E-state index contributed by atoms with van der Waals surface area (Å²) in [6, 6.07) is 16.3. The van der Waals surface area contributed by atoms with E-state index < -0.39 is 27.2 Å². The summed E-state index contributed by atoms with van der Waals surface area (Å²) in [6.07, 6.45) is 1.26. The molecule has 0 N–H and O–H groups in total. The molecule has 2 saturated heterocycles. The highest BCUT2D eigenvalue weighted by Crippen LogP contribution is 2.37. The van der Waals surface area contributed by atoms with E-state index in [-0.39, 0.29) is 25.7 Å². The lowest BCUT2D eigenvalue weighted by Crippen LogP contribution is -2.48. The number of sulfonamides is 1. The van der Waals surface area contributed by atoms with Crippen molar-refractivity contribution in [3.8, 4) is 11.5 Å². The summed E-state index contributed by atoms with van der Waals surface area (Å²) in [7, 11) is -1.99. The highest BCUT2D eigenvalue weighted by Gasteiger charge is 2.47. The molecule has 4 rings (SSSR count). The number of esters is 1. The maximum absolute atomic E-state index is 13.7. The molecule has 2 aliphatic rings. The summed E-state index contributed by atoms with van der Waals surface area (Å²) in [6.45, 7) is 2.62. The summed E-state index contributed by atoms with van der Waals surface area (Å²) in [5, 5.41) is 0.798. The monoisotopic (exact) mass is 474 g/mol. The molecule has 0 radical (unpaired) electrons. The topological polar surface area (TPSA) is 85.4 Å². The van der Waals surface area contributed by atoms with E-state index >= 15 is 0 Å². The predicted molar refractivity (Wildman–Crippen MR) is 123 cm³/mol. The summed E-state index contributed by atoms with van der Waals surface area (Å²) < 4.78 is 39.8. The van der Waals surface area contributed by atoms with Crippen molar-refractivity contribution in [1.82, 2.24) is 9.37 Å². The van der Waals surface area contributed by atoms with Gasteiger partial charge in [0.15, 0.2) is 0 Å². The van der Waals surface area contributed by atoms with E-state index in [9.17, 15) is 13.2 Å². The second-order valence-corrected chi connectivity index (χ2v) is 10.5. The molecule has 0 bridgehead atoms. The minimum absolute atomic E-state index is 0.0494. The second-order valence-electron chi connectivity index (χ2n) is 8.31. The number of benzene rings is 2. The third-order valence-electron chi connectivity index (χ3n) is 6.11. The summed E-state index contributed by atoms with van der Waals surface area (Å²) >= 11 is 0. The lowest BCUT2D eigenvalue weighted by atomic mass is 10.0. The van der Waals surface area contributed by atoms with E-state index in [1.54, 1.807) is 19.0 Å². The Bertz CT molecular complexity index is 1060.